The summed E-state index contributed by atoms with van der Waals surface area (Å²) in [5, 5.41) is 3.65. The fourth-order valence-electron chi connectivity index (χ4n) is 1.75. The molecule has 0 saturated carbocycles. The van der Waals surface area contributed by atoms with E-state index in [1.165, 1.54) is 32.1 Å². The summed E-state index contributed by atoms with van der Waals surface area (Å²) in [6, 6.07) is 1.64. The van der Waals surface area contributed by atoms with Crippen LogP contribution >= 0.6 is 0 Å². The third kappa shape index (κ3) is 1.98. The van der Waals surface area contributed by atoms with Crippen molar-refractivity contribution in [3.63, 3.8) is 0 Å². The van der Waals surface area contributed by atoms with Crippen LogP contribution in [0.1, 0.15) is 46.0 Å². The Morgan fingerprint density at radius 1 is 1.10 bits per heavy atom. The van der Waals surface area contributed by atoms with Crippen LogP contribution in [0.15, 0.2) is 0 Å². The van der Waals surface area contributed by atoms with Gasteiger partial charge >= 0.3 is 0 Å². The van der Waals surface area contributed by atoms with E-state index >= 15 is 0 Å². The van der Waals surface area contributed by atoms with Crippen LogP contribution in [0.2, 0.25) is 0 Å². The first kappa shape index (κ1) is 8.06. The topological polar surface area (TPSA) is 12.0 Å². The van der Waals surface area contributed by atoms with Crippen molar-refractivity contribution in [1.82, 2.24) is 5.32 Å². The van der Waals surface area contributed by atoms with Gasteiger partial charge in [0, 0.05) is 12.1 Å². The van der Waals surface area contributed by atoms with Gasteiger partial charge in [0.1, 0.15) is 0 Å². The van der Waals surface area contributed by atoms with E-state index in [0.29, 0.717) is 0 Å². The lowest BCUT2D eigenvalue weighted by atomic mass is 9.96. The number of hydrogen-bond donors (Lipinski definition) is 1. The molecule has 1 rings (SSSR count). The molecule has 0 amide bonds. The highest BCUT2D eigenvalue weighted by molar-refractivity contribution is 4.78. The largest absolute Gasteiger partial charge is 0.311 e. The third-order valence-electron chi connectivity index (χ3n) is 2.56. The normalized spacial score (nSPS) is 34.2. The second-order valence-corrected chi connectivity index (χ2v) is 3.31. The second kappa shape index (κ2) is 3.97. The van der Waals surface area contributed by atoms with Crippen LogP contribution in [0.4, 0.5) is 0 Å². The molecule has 2 atom stereocenters. The summed E-state index contributed by atoms with van der Waals surface area (Å²) < 4.78 is 0. The number of piperidine rings is 1. The highest BCUT2D eigenvalue weighted by Gasteiger charge is 2.17. The predicted octanol–water partition coefficient (Wildman–Crippen LogP) is 2.32. The molecular formula is C9H19N. The van der Waals surface area contributed by atoms with E-state index in [1.54, 1.807) is 0 Å². The minimum absolute atomic E-state index is 0.818. The molecule has 1 N–H and O–H groups in total. The highest BCUT2D eigenvalue weighted by atomic mass is 15.0. The first-order chi connectivity index (χ1) is 4.86. The number of nitrogens with one attached hydrogen (secondary N) is 1. The van der Waals surface area contributed by atoms with Gasteiger partial charge in [0.25, 0.3) is 0 Å². The van der Waals surface area contributed by atoms with Gasteiger partial charge < -0.3 is 5.32 Å². The van der Waals surface area contributed by atoms with Crippen molar-refractivity contribution in [1.29, 1.82) is 0 Å². The molecule has 60 valence electrons. The Kier molecular flexibility index (Phi) is 3.20. The maximum absolute atomic E-state index is 3.65. The van der Waals surface area contributed by atoms with Crippen molar-refractivity contribution in [2.45, 2.75) is 58.0 Å². The van der Waals surface area contributed by atoms with Crippen LogP contribution in [0.5, 0.6) is 0 Å². The molecule has 0 aliphatic carbocycles. The van der Waals surface area contributed by atoms with Crippen LogP contribution in [0.25, 0.3) is 0 Å². The highest BCUT2D eigenvalue weighted by Crippen LogP contribution is 2.16. The Labute approximate surface area is 64.2 Å². The standard InChI is InChI=1S/C9H19N/c1-3-8-6-5-7-9(4-2)10-8/h8-10H,3-7H2,1-2H3/t8-,9-/m0/s1. The van der Waals surface area contributed by atoms with Crippen molar-refractivity contribution in [2.24, 2.45) is 0 Å². The Morgan fingerprint density at radius 3 is 2.00 bits per heavy atom. The van der Waals surface area contributed by atoms with Crippen molar-refractivity contribution in [3.05, 3.63) is 0 Å². The molecule has 0 aromatic rings. The molecule has 0 aromatic heterocycles. The third-order valence-corrected chi connectivity index (χ3v) is 2.56. The van der Waals surface area contributed by atoms with E-state index in [2.05, 4.69) is 19.2 Å². The zero-order chi connectivity index (χ0) is 7.40. The van der Waals surface area contributed by atoms with Crippen LogP contribution in [0, 0.1) is 0 Å². The van der Waals surface area contributed by atoms with Crippen LogP contribution in [-0.2, 0) is 0 Å². The fraction of sp³-hybridized carbons (Fsp3) is 1.00. The molecule has 1 aliphatic rings. The molecular weight excluding hydrogens is 122 g/mol. The Balaban J connectivity index is 2.25. The minimum Gasteiger partial charge on any atom is -0.311 e. The lowest BCUT2D eigenvalue weighted by Crippen LogP contribution is -2.41. The zero-order valence-electron chi connectivity index (χ0n) is 7.19. The lowest BCUT2D eigenvalue weighted by Gasteiger charge is -2.29. The average Bonchev–Trinajstić information content (AvgIpc) is 2.05. The molecule has 1 heteroatoms. The molecule has 1 aliphatic heterocycles. The predicted molar refractivity (Wildman–Crippen MR) is 45.1 cm³/mol. The van der Waals surface area contributed by atoms with E-state index in [4.69, 9.17) is 0 Å². The van der Waals surface area contributed by atoms with Gasteiger partial charge in [-0.1, -0.05) is 20.3 Å². The van der Waals surface area contributed by atoms with Gasteiger partial charge in [-0.2, -0.15) is 0 Å². The summed E-state index contributed by atoms with van der Waals surface area (Å²) in [4.78, 5) is 0. The van der Waals surface area contributed by atoms with Crippen molar-refractivity contribution in [2.75, 3.05) is 0 Å². The number of hydrogen-bond acceptors (Lipinski definition) is 1. The molecule has 10 heavy (non-hydrogen) atoms. The summed E-state index contributed by atoms with van der Waals surface area (Å²) in [5.74, 6) is 0. The van der Waals surface area contributed by atoms with E-state index < -0.39 is 0 Å². The molecule has 0 spiro atoms. The maximum Gasteiger partial charge on any atom is 0.00670 e. The summed E-state index contributed by atoms with van der Waals surface area (Å²) >= 11 is 0. The minimum atomic E-state index is 0.818. The fourth-order valence-corrected chi connectivity index (χ4v) is 1.75. The van der Waals surface area contributed by atoms with Crippen molar-refractivity contribution < 1.29 is 0 Å². The molecule has 1 saturated heterocycles. The quantitative estimate of drug-likeness (QED) is 0.622. The van der Waals surface area contributed by atoms with Gasteiger partial charge in [-0.3, -0.25) is 0 Å². The second-order valence-electron chi connectivity index (χ2n) is 3.31. The van der Waals surface area contributed by atoms with Gasteiger partial charge in [-0.05, 0) is 25.7 Å². The van der Waals surface area contributed by atoms with Gasteiger partial charge in [-0.25, -0.2) is 0 Å². The lowest BCUT2D eigenvalue weighted by molar-refractivity contribution is 0.308. The molecule has 1 fully saturated rings. The molecule has 0 unspecified atom stereocenters. The number of rotatable bonds is 2. The molecule has 0 radical (unpaired) electrons. The van der Waals surface area contributed by atoms with Gasteiger partial charge in [0.05, 0.1) is 0 Å². The van der Waals surface area contributed by atoms with Gasteiger partial charge in [-0.15, -0.1) is 0 Å². The monoisotopic (exact) mass is 141 g/mol. The molecule has 1 heterocycles. The summed E-state index contributed by atoms with van der Waals surface area (Å²) in [6.07, 6.45) is 6.83. The first-order valence-corrected chi connectivity index (χ1v) is 4.62. The molecule has 1 nitrogen and oxygen atoms in total. The summed E-state index contributed by atoms with van der Waals surface area (Å²) in [5.41, 5.74) is 0. The zero-order valence-corrected chi connectivity index (χ0v) is 7.19. The molecule has 0 bridgehead atoms. The SMILES string of the molecule is CC[C@H]1CCC[C@H](CC)N1. The Hall–Kier alpha value is -0.0400. The van der Waals surface area contributed by atoms with Crippen molar-refractivity contribution >= 4 is 0 Å². The summed E-state index contributed by atoms with van der Waals surface area (Å²) in [6.45, 7) is 4.55. The Bertz CT molecular complexity index is 80.7. The first-order valence-electron chi connectivity index (χ1n) is 4.62. The smallest absolute Gasteiger partial charge is 0.00670 e. The van der Waals surface area contributed by atoms with E-state index in [9.17, 15) is 0 Å². The Morgan fingerprint density at radius 2 is 1.60 bits per heavy atom. The van der Waals surface area contributed by atoms with E-state index in [1.807, 2.05) is 0 Å². The molecule has 0 aromatic carbocycles. The van der Waals surface area contributed by atoms with Crippen LogP contribution in [0.3, 0.4) is 0 Å². The van der Waals surface area contributed by atoms with Crippen molar-refractivity contribution in [3.8, 4) is 0 Å². The van der Waals surface area contributed by atoms with Gasteiger partial charge in [0.2, 0.25) is 0 Å². The summed E-state index contributed by atoms with van der Waals surface area (Å²) in [7, 11) is 0. The van der Waals surface area contributed by atoms with Crippen LogP contribution in [-0.4, -0.2) is 12.1 Å². The van der Waals surface area contributed by atoms with Crippen LogP contribution < -0.4 is 5.32 Å². The average molecular weight is 141 g/mol. The maximum atomic E-state index is 3.65. The van der Waals surface area contributed by atoms with E-state index in [-0.39, 0.29) is 0 Å². The van der Waals surface area contributed by atoms with Gasteiger partial charge in [0.15, 0.2) is 0 Å². The van der Waals surface area contributed by atoms with E-state index in [0.717, 1.165) is 12.1 Å².